The number of allylic oxidation sites excluding steroid dienone is 1. The fourth-order valence-electron chi connectivity index (χ4n) is 4.43. The first-order valence-electron chi connectivity index (χ1n) is 11.1. The highest BCUT2D eigenvalue weighted by Crippen LogP contribution is 2.35. The van der Waals surface area contributed by atoms with Crippen molar-refractivity contribution in [1.29, 1.82) is 0 Å². The van der Waals surface area contributed by atoms with Gasteiger partial charge in [0.05, 0.1) is 11.3 Å². The Bertz CT molecular complexity index is 997. The maximum absolute atomic E-state index is 13.1. The molecule has 3 saturated heterocycles. The number of benzene rings is 2. The lowest BCUT2D eigenvalue weighted by molar-refractivity contribution is -0.119. The summed E-state index contributed by atoms with van der Waals surface area (Å²) in [6.07, 6.45) is 7.75. The van der Waals surface area contributed by atoms with Crippen molar-refractivity contribution in [3.05, 3.63) is 78.5 Å². The molecule has 1 amide bonds. The van der Waals surface area contributed by atoms with Crippen LogP contribution in [0.2, 0.25) is 0 Å². The Labute approximate surface area is 194 Å². The van der Waals surface area contributed by atoms with Gasteiger partial charge in [-0.15, -0.1) is 0 Å². The first kappa shape index (κ1) is 22.4. The van der Waals surface area contributed by atoms with Crippen LogP contribution in [0.5, 0.6) is 0 Å². The van der Waals surface area contributed by atoms with Gasteiger partial charge in [0.2, 0.25) is 0 Å². The Kier molecular flexibility index (Phi) is 7.45. The molecule has 0 aromatic heterocycles. The molecule has 2 aromatic rings. The van der Waals surface area contributed by atoms with Gasteiger partial charge in [0, 0.05) is 35.6 Å². The smallest absolute Gasteiger partial charge is 0.253 e. The quantitative estimate of drug-likeness (QED) is 0.375. The third kappa shape index (κ3) is 5.50. The lowest BCUT2D eigenvalue weighted by atomic mass is 9.84. The Morgan fingerprint density at radius 1 is 1.09 bits per heavy atom. The van der Waals surface area contributed by atoms with Gasteiger partial charge < -0.3 is 15.1 Å². The van der Waals surface area contributed by atoms with E-state index < -0.39 is 0 Å². The number of fused-ring (bicyclic) bond motifs is 3. The number of piperidine rings is 3. The van der Waals surface area contributed by atoms with Gasteiger partial charge in [0.25, 0.3) is 5.91 Å². The van der Waals surface area contributed by atoms with E-state index in [-0.39, 0.29) is 11.9 Å². The number of amides is 1. The predicted octanol–water partition coefficient (Wildman–Crippen LogP) is 4.12. The molecule has 6 heteroatoms. The van der Waals surface area contributed by atoms with E-state index in [1.807, 2.05) is 48.3 Å². The number of carbonyl (C=O) groups excluding carboxylic acids is 2. The number of rotatable bonds is 8. The Morgan fingerprint density at radius 3 is 2.50 bits per heavy atom. The maximum atomic E-state index is 13.1. The zero-order chi connectivity index (χ0) is 22.3. The third-order valence-electron chi connectivity index (χ3n) is 6.14. The minimum atomic E-state index is -0.137. The third-order valence-corrected chi connectivity index (χ3v) is 7.21. The fraction of sp³-hybridized carbons (Fsp3) is 0.308. The number of anilines is 1. The van der Waals surface area contributed by atoms with Crippen LogP contribution in [0.3, 0.4) is 0 Å². The average Bonchev–Trinajstić information content (AvgIpc) is 2.83. The number of nitrogens with zero attached hydrogens (tertiary/aromatic N) is 2. The van der Waals surface area contributed by atoms with Crippen molar-refractivity contribution in [2.45, 2.75) is 28.7 Å². The second kappa shape index (κ2) is 10.7. The largest absolute Gasteiger partial charge is 0.349 e. The normalized spacial score (nSPS) is 22.7. The zero-order valence-electron chi connectivity index (χ0n) is 18.3. The highest BCUT2D eigenvalue weighted by atomic mass is 32.2. The van der Waals surface area contributed by atoms with E-state index in [4.69, 9.17) is 0 Å². The van der Waals surface area contributed by atoms with Crippen LogP contribution >= 0.6 is 11.8 Å². The average molecular weight is 448 g/mol. The number of aldehydes is 1. The molecule has 0 radical (unpaired) electrons. The highest BCUT2D eigenvalue weighted by molar-refractivity contribution is 7.99. The summed E-state index contributed by atoms with van der Waals surface area (Å²) in [5, 5.41) is 3.22. The van der Waals surface area contributed by atoms with Gasteiger partial charge >= 0.3 is 0 Å². The van der Waals surface area contributed by atoms with Gasteiger partial charge in [0.15, 0.2) is 0 Å². The van der Waals surface area contributed by atoms with E-state index in [2.05, 4.69) is 28.4 Å². The summed E-state index contributed by atoms with van der Waals surface area (Å²) < 4.78 is 0. The topological polar surface area (TPSA) is 52.7 Å². The Morgan fingerprint density at radius 2 is 1.81 bits per heavy atom. The molecule has 5 nitrogen and oxygen atoms in total. The molecule has 2 bridgehead atoms. The number of carbonyl (C=O) groups is 2. The zero-order valence-corrected chi connectivity index (χ0v) is 19.1. The Balaban J connectivity index is 1.54. The van der Waals surface area contributed by atoms with E-state index in [0.717, 1.165) is 48.0 Å². The van der Waals surface area contributed by atoms with Crippen LogP contribution in [0.4, 0.5) is 5.69 Å². The summed E-state index contributed by atoms with van der Waals surface area (Å²) in [5.74, 6) is 0.405. The molecule has 3 heterocycles. The fourth-order valence-corrected chi connectivity index (χ4v) is 5.44. The van der Waals surface area contributed by atoms with Gasteiger partial charge in [-0.05, 0) is 68.3 Å². The minimum absolute atomic E-state index is 0.137. The standard InChI is InChI=1S/C26H29N3O2S/c1-28(24-11-5-6-12-25(24)32-22-9-3-2-4-10-22)18-21(8-7-17-30)26(31)27-23-19-29-15-13-20(23)14-16-29/h2-12,17-18,20,23H,13-16,19H2,1H3,(H,27,31)/b8-7-,21-18+. The van der Waals surface area contributed by atoms with Crippen molar-refractivity contribution in [1.82, 2.24) is 10.2 Å². The highest BCUT2D eigenvalue weighted by Gasteiger charge is 2.35. The monoisotopic (exact) mass is 447 g/mol. The number of hydrogen-bond acceptors (Lipinski definition) is 5. The van der Waals surface area contributed by atoms with Crippen LogP contribution < -0.4 is 10.2 Å². The lowest BCUT2D eigenvalue weighted by Crippen LogP contribution is -2.57. The molecule has 1 atom stereocenters. The molecule has 0 spiro atoms. The summed E-state index contributed by atoms with van der Waals surface area (Å²) in [7, 11) is 1.93. The molecule has 1 unspecified atom stereocenters. The summed E-state index contributed by atoms with van der Waals surface area (Å²) in [4.78, 5) is 30.7. The van der Waals surface area contributed by atoms with E-state index in [1.165, 1.54) is 6.08 Å². The van der Waals surface area contributed by atoms with E-state index in [9.17, 15) is 9.59 Å². The first-order valence-corrected chi connectivity index (χ1v) is 11.9. The molecule has 166 valence electrons. The first-order chi connectivity index (χ1) is 15.6. The van der Waals surface area contributed by atoms with E-state index >= 15 is 0 Å². The van der Waals surface area contributed by atoms with Crippen LogP contribution in [0, 0.1) is 5.92 Å². The summed E-state index contributed by atoms with van der Waals surface area (Å²) in [6, 6.07) is 18.5. The second-order valence-corrected chi connectivity index (χ2v) is 9.41. The van der Waals surface area contributed by atoms with Gasteiger partial charge in [-0.3, -0.25) is 9.59 Å². The molecule has 32 heavy (non-hydrogen) atoms. The minimum Gasteiger partial charge on any atom is -0.349 e. The second-order valence-electron chi connectivity index (χ2n) is 8.29. The van der Waals surface area contributed by atoms with Crippen LogP contribution in [-0.4, -0.2) is 49.8 Å². The van der Waals surface area contributed by atoms with Crippen molar-refractivity contribution in [3.8, 4) is 0 Å². The van der Waals surface area contributed by atoms with Crippen molar-refractivity contribution < 1.29 is 9.59 Å². The Hall–Kier alpha value is -2.83. The molecule has 0 saturated carbocycles. The van der Waals surface area contributed by atoms with E-state index in [0.29, 0.717) is 17.8 Å². The van der Waals surface area contributed by atoms with Crippen molar-refractivity contribution >= 4 is 29.6 Å². The summed E-state index contributed by atoms with van der Waals surface area (Å²) in [6.45, 7) is 3.17. The molecule has 1 N–H and O–H groups in total. The molecule has 0 aliphatic carbocycles. The van der Waals surface area contributed by atoms with Gasteiger partial charge in [-0.1, -0.05) is 42.1 Å². The van der Waals surface area contributed by atoms with Crippen molar-refractivity contribution in [2.75, 3.05) is 31.6 Å². The number of para-hydroxylation sites is 1. The predicted molar refractivity (Wildman–Crippen MR) is 130 cm³/mol. The van der Waals surface area contributed by atoms with Crippen LogP contribution in [0.25, 0.3) is 0 Å². The molecule has 2 aromatic carbocycles. The van der Waals surface area contributed by atoms with Crippen LogP contribution in [-0.2, 0) is 9.59 Å². The maximum Gasteiger partial charge on any atom is 0.253 e. The van der Waals surface area contributed by atoms with Gasteiger partial charge in [0.1, 0.15) is 6.29 Å². The molecule has 5 rings (SSSR count). The summed E-state index contributed by atoms with van der Waals surface area (Å²) in [5.41, 5.74) is 1.46. The lowest BCUT2D eigenvalue weighted by Gasteiger charge is -2.45. The SMILES string of the molecule is CN(/C=C(\C=C/C=O)C(=O)NC1CN2CCC1CC2)c1ccccc1Sc1ccccc1. The van der Waals surface area contributed by atoms with Crippen molar-refractivity contribution in [3.63, 3.8) is 0 Å². The van der Waals surface area contributed by atoms with Gasteiger partial charge in [-0.2, -0.15) is 0 Å². The number of nitrogens with one attached hydrogen (secondary N) is 1. The molecular formula is C26H29N3O2S. The summed E-state index contributed by atoms with van der Waals surface area (Å²) >= 11 is 1.68. The molecule has 3 aliphatic rings. The molecule has 3 fully saturated rings. The molecular weight excluding hydrogens is 418 g/mol. The number of hydrogen-bond donors (Lipinski definition) is 1. The molecule has 3 aliphatic heterocycles. The van der Waals surface area contributed by atoms with Gasteiger partial charge in [-0.25, -0.2) is 0 Å². The van der Waals surface area contributed by atoms with E-state index in [1.54, 1.807) is 24.0 Å². The van der Waals surface area contributed by atoms with Crippen molar-refractivity contribution in [2.24, 2.45) is 5.92 Å². The van der Waals surface area contributed by atoms with Crippen LogP contribution in [0.15, 0.2) is 88.3 Å². The van der Waals surface area contributed by atoms with Crippen LogP contribution in [0.1, 0.15) is 12.8 Å².